The topological polar surface area (TPSA) is 70.8 Å². The third kappa shape index (κ3) is 4.16. The minimum atomic E-state index is -0.373. The van der Waals surface area contributed by atoms with E-state index in [1.54, 1.807) is 11.5 Å². The van der Waals surface area contributed by atoms with Crippen LogP contribution in [0.15, 0.2) is 64.2 Å². The number of piperazine rings is 1. The van der Waals surface area contributed by atoms with Crippen molar-refractivity contribution in [1.29, 1.82) is 0 Å². The summed E-state index contributed by atoms with van der Waals surface area (Å²) in [5.41, 5.74) is 2.76. The lowest BCUT2D eigenvalue weighted by atomic mass is 10.1. The van der Waals surface area contributed by atoms with Crippen molar-refractivity contribution < 1.29 is 4.79 Å². The van der Waals surface area contributed by atoms with Gasteiger partial charge in [0.05, 0.1) is 11.4 Å². The largest absolute Gasteiger partial charge is 0.378 e. The van der Waals surface area contributed by atoms with Gasteiger partial charge in [0.1, 0.15) is 5.69 Å². The molecule has 33 heavy (non-hydrogen) atoms. The van der Waals surface area contributed by atoms with Crippen LogP contribution in [0.2, 0.25) is 0 Å². The van der Waals surface area contributed by atoms with Crippen LogP contribution in [-0.2, 0) is 7.05 Å². The number of hydrogen-bond donors (Lipinski definition) is 0. The number of rotatable bonds is 4. The van der Waals surface area contributed by atoms with Crippen LogP contribution in [0.5, 0.6) is 0 Å². The second-order valence-electron chi connectivity index (χ2n) is 8.48. The number of aromatic nitrogens is 2. The van der Waals surface area contributed by atoms with Crippen LogP contribution >= 0.6 is 0 Å². The van der Waals surface area contributed by atoms with E-state index in [4.69, 9.17) is 0 Å². The van der Waals surface area contributed by atoms with Crippen LogP contribution in [0.1, 0.15) is 16.1 Å². The molecule has 0 spiro atoms. The maximum atomic E-state index is 13.1. The highest BCUT2D eigenvalue weighted by molar-refractivity contribution is 5.95. The normalized spacial score (nSPS) is 13.8. The number of carbonyl (C=O) groups is 1. The molecule has 8 heteroatoms. The standard InChI is InChI=1S/C25H29N5O3/c1-18-22(24(32)27(4)25(33)30(18)20-10-6-5-7-11-20)28-13-15-29(16-14-28)23(31)19-9-8-12-21(17-19)26(2)3/h5-12,17H,13-16H2,1-4H3. The summed E-state index contributed by atoms with van der Waals surface area (Å²) in [6.07, 6.45) is 0. The van der Waals surface area contributed by atoms with Gasteiger partial charge in [-0.05, 0) is 37.3 Å². The Morgan fingerprint density at radius 3 is 2.21 bits per heavy atom. The third-order valence-corrected chi connectivity index (χ3v) is 6.17. The predicted molar refractivity (Wildman–Crippen MR) is 131 cm³/mol. The molecule has 4 rings (SSSR count). The van der Waals surface area contributed by atoms with Crippen LogP contribution < -0.4 is 21.0 Å². The van der Waals surface area contributed by atoms with Gasteiger partial charge in [0, 0.05) is 58.6 Å². The minimum Gasteiger partial charge on any atom is -0.378 e. The molecule has 1 aliphatic heterocycles. The monoisotopic (exact) mass is 447 g/mol. The van der Waals surface area contributed by atoms with E-state index < -0.39 is 0 Å². The molecule has 3 aromatic rings. The summed E-state index contributed by atoms with van der Waals surface area (Å²) < 4.78 is 2.72. The zero-order valence-corrected chi connectivity index (χ0v) is 19.5. The molecule has 0 aliphatic carbocycles. The number of benzene rings is 2. The van der Waals surface area contributed by atoms with Gasteiger partial charge in [0.2, 0.25) is 0 Å². The van der Waals surface area contributed by atoms with E-state index >= 15 is 0 Å². The molecule has 0 atom stereocenters. The van der Waals surface area contributed by atoms with E-state index in [0.717, 1.165) is 10.3 Å². The number of para-hydroxylation sites is 1. The summed E-state index contributed by atoms with van der Waals surface area (Å²) in [4.78, 5) is 44.8. The molecule has 0 radical (unpaired) electrons. The molecule has 0 N–H and O–H groups in total. The molecule has 0 bridgehead atoms. The fourth-order valence-electron chi connectivity index (χ4n) is 4.28. The Morgan fingerprint density at radius 1 is 0.909 bits per heavy atom. The summed E-state index contributed by atoms with van der Waals surface area (Å²) in [6, 6.07) is 16.9. The number of amides is 1. The van der Waals surface area contributed by atoms with Crippen molar-refractivity contribution in [3.63, 3.8) is 0 Å². The lowest BCUT2D eigenvalue weighted by molar-refractivity contribution is 0.0746. The average molecular weight is 448 g/mol. The number of nitrogens with zero attached hydrogens (tertiary/aromatic N) is 5. The fraction of sp³-hybridized carbons (Fsp3) is 0.320. The first-order valence-electron chi connectivity index (χ1n) is 11.0. The fourth-order valence-corrected chi connectivity index (χ4v) is 4.28. The third-order valence-electron chi connectivity index (χ3n) is 6.17. The van der Waals surface area contributed by atoms with E-state index in [0.29, 0.717) is 48.8 Å². The molecule has 1 fully saturated rings. The summed E-state index contributed by atoms with van der Waals surface area (Å²) in [5.74, 6) is -0.0165. The molecule has 172 valence electrons. The zero-order valence-electron chi connectivity index (χ0n) is 19.5. The molecular weight excluding hydrogens is 418 g/mol. The quantitative estimate of drug-likeness (QED) is 0.611. The Labute approximate surface area is 192 Å². The molecule has 0 unspecified atom stereocenters. The van der Waals surface area contributed by atoms with Gasteiger partial charge in [0.25, 0.3) is 11.5 Å². The Bertz CT molecular complexity index is 1290. The van der Waals surface area contributed by atoms with Gasteiger partial charge in [-0.1, -0.05) is 24.3 Å². The van der Waals surface area contributed by atoms with Gasteiger partial charge in [-0.25, -0.2) is 4.79 Å². The lowest BCUT2D eigenvalue weighted by Crippen LogP contribution is -2.52. The van der Waals surface area contributed by atoms with Crippen LogP contribution in [-0.4, -0.2) is 60.2 Å². The summed E-state index contributed by atoms with van der Waals surface area (Å²) in [6.45, 7) is 3.83. The molecule has 0 saturated carbocycles. The SMILES string of the molecule is Cc1c(N2CCN(C(=O)c3cccc(N(C)C)c3)CC2)c(=O)n(C)c(=O)n1-c1ccccc1. The Hall–Kier alpha value is -3.81. The highest BCUT2D eigenvalue weighted by Gasteiger charge is 2.27. The highest BCUT2D eigenvalue weighted by atomic mass is 16.2. The van der Waals surface area contributed by atoms with E-state index in [9.17, 15) is 14.4 Å². The molecule has 2 aromatic carbocycles. The zero-order chi connectivity index (χ0) is 23.7. The summed E-state index contributed by atoms with van der Waals surface area (Å²) in [5, 5.41) is 0. The molecule has 1 amide bonds. The van der Waals surface area contributed by atoms with Crippen LogP contribution in [0.4, 0.5) is 11.4 Å². The second kappa shape index (κ2) is 8.97. The number of hydrogen-bond acceptors (Lipinski definition) is 5. The first-order chi connectivity index (χ1) is 15.8. The second-order valence-corrected chi connectivity index (χ2v) is 8.48. The van der Waals surface area contributed by atoms with Crippen LogP contribution in [0.25, 0.3) is 5.69 Å². The van der Waals surface area contributed by atoms with E-state index in [1.807, 2.05) is 83.4 Å². The Kier molecular flexibility index (Phi) is 6.09. The minimum absolute atomic E-state index is 0.0165. The highest BCUT2D eigenvalue weighted by Crippen LogP contribution is 2.20. The Balaban J connectivity index is 1.60. The lowest BCUT2D eigenvalue weighted by Gasteiger charge is -2.36. The molecular formula is C25H29N5O3. The van der Waals surface area contributed by atoms with Gasteiger partial charge < -0.3 is 14.7 Å². The number of carbonyl (C=O) groups excluding carboxylic acids is 1. The van der Waals surface area contributed by atoms with Gasteiger partial charge in [-0.15, -0.1) is 0 Å². The maximum Gasteiger partial charge on any atom is 0.335 e. The van der Waals surface area contributed by atoms with Crippen LogP contribution in [0.3, 0.4) is 0 Å². The van der Waals surface area contributed by atoms with Gasteiger partial charge in [-0.2, -0.15) is 0 Å². The molecule has 1 saturated heterocycles. The van der Waals surface area contributed by atoms with Crippen molar-refractivity contribution in [3.05, 3.63) is 86.7 Å². The van der Waals surface area contributed by atoms with Gasteiger partial charge in [0.15, 0.2) is 0 Å². The average Bonchev–Trinajstić information content (AvgIpc) is 2.83. The first-order valence-corrected chi connectivity index (χ1v) is 11.0. The summed E-state index contributed by atoms with van der Waals surface area (Å²) in [7, 11) is 5.39. The Morgan fingerprint density at radius 2 is 1.58 bits per heavy atom. The van der Waals surface area contributed by atoms with Crippen LogP contribution in [0, 0.1) is 6.92 Å². The number of anilines is 2. The molecule has 1 aromatic heterocycles. The van der Waals surface area contributed by atoms with Crippen molar-refractivity contribution in [2.45, 2.75) is 6.92 Å². The van der Waals surface area contributed by atoms with Crippen molar-refractivity contribution in [1.82, 2.24) is 14.0 Å². The smallest absolute Gasteiger partial charge is 0.335 e. The molecule has 8 nitrogen and oxygen atoms in total. The molecule has 2 heterocycles. The van der Waals surface area contributed by atoms with Gasteiger partial charge >= 0.3 is 5.69 Å². The van der Waals surface area contributed by atoms with Crippen molar-refractivity contribution in [2.24, 2.45) is 7.05 Å². The molecule has 1 aliphatic rings. The van der Waals surface area contributed by atoms with Crippen molar-refractivity contribution in [2.75, 3.05) is 50.1 Å². The summed E-state index contributed by atoms with van der Waals surface area (Å²) >= 11 is 0. The van der Waals surface area contributed by atoms with E-state index in [2.05, 4.69) is 0 Å². The van der Waals surface area contributed by atoms with E-state index in [1.165, 1.54) is 7.05 Å². The maximum absolute atomic E-state index is 13.1. The van der Waals surface area contributed by atoms with Crippen molar-refractivity contribution in [3.8, 4) is 5.69 Å². The van der Waals surface area contributed by atoms with Crippen molar-refractivity contribution >= 4 is 17.3 Å². The van der Waals surface area contributed by atoms with Gasteiger partial charge in [-0.3, -0.25) is 18.7 Å². The first kappa shape index (κ1) is 22.4. The predicted octanol–water partition coefficient (Wildman–Crippen LogP) is 1.87. The van der Waals surface area contributed by atoms with E-state index in [-0.39, 0.29) is 17.2 Å².